The molecule has 5 atom stereocenters. The molecule has 11 heteroatoms. The van der Waals surface area contributed by atoms with E-state index in [0.29, 0.717) is 30.4 Å². The van der Waals surface area contributed by atoms with Gasteiger partial charge in [0.2, 0.25) is 0 Å². The molecule has 2 aromatic heterocycles. The van der Waals surface area contributed by atoms with Crippen molar-refractivity contribution in [2.24, 2.45) is 0 Å². The van der Waals surface area contributed by atoms with Crippen LogP contribution in [0.4, 0.5) is 0 Å². The predicted octanol–water partition coefficient (Wildman–Crippen LogP) is 4.00. The Labute approximate surface area is 188 Å². The van der Waals surface area contributed by atoms with E-state index in [2.05, 4.69) is 15.0 Å². The molecule has 1 fully saturated rings. The molecule has 1 saturated heterocycles. The van der Waals surface area contributed by atoms with Crippen molar-refractivity contribution in [3.05, 3.63) is 17.8 Å². The van der Waals surface area contributed by atoms with Gasteiger partial charge in [0.15, 0.2) is 22.7 Å². The van der Waals surface area contributed by atoms with Gasteiger partial charge in [-0.05, 0) is 30.2 Å². The smallest absolute Gasteiger partial charge is 0.388 e. The lowest BCUT2D eigenvalue weighted by molar-refractivity contribution is -0.0675. The molecule has 0 spiro atoms. The van der Waals surface area contributed by atoms with E-state index in [4.69, 9.17) is 20.9 Å². The van der Waals surface area contributed by atoms with Crippen LogP contribution in [0, 0.1) is 0 Å². The number of halogens is 1. The van der Waals surface area contributed by atoms with E-state index in [1.54, 1.807) is 4.57 Å². The van der Waals surface area contributed by atoms with Crippen molar-refractivity contribution in [3.8, 4) is 0 Å². The maximum absolute atomic E-state index is 12.8. The molecule has 1 aliphatic rings. The summed E-state index contributed by atoms with van der Waals surface area (Å²) < 4.78 is 26.6. The van der Waals surface area contributed by atoms with Gasteiger partial charge in [0, 0.05) is 6.42 Å². The number of ether oxygens (including phenoxy) is 1. The van der Waals surface area contributed by atoms with Crippen molar-refractivity contribution in [2.75, 3.05) is 0 Å². The van der Waals surface area contributed by atoms with E-state index >= 15 is 0 Å². The van der Waals surface area contributed by atoms with Crippen LogP contribution in [0.5, 0.6) is 0 Å². The number of nitrogens with zero attached hydrogens (tertiary/aromatic N) is 4. The minimum absolute atomic E-state index is 0.0121. The summed E-state index contributed by atoms with van der Waals surface area (Å²) in [6.07, 6.45) is 1.88. The van der Waals surface area contributed by atoms with Crippen molar-refractivity contribution in [1.29, 1.82) is 0 Å². The van der Waals surface area contributed by atoms with Crippen LogP contribution < -0.4 is 0 Å². The molecule has 31 heavy (non-hydrogen) atoms. The summed E-state index contributed by atoms with van der Waals surface area (Å²) in [5, 5.41) is 21.7. The standard InChI is InChI=1S/C20H31ClN4O5P/c1-5-12(6-2)31(28)30-20(7-3,8-4)9-13-15(26)16(27)19(29-13)25-11-24-14-17(21)22-10-23-18(14)25/h10-13,15-16,19,26-27H,5-9H2,1-4H3/q+1/t13-,15-,16-,19?/m1/s1. The van der Waals surface area contributed by atoms with Gasteiger partial charge in [0.05, 0.1) is 12.4 Å². The maximum atomic E-state index is 12.8. The van der Waals surface area contributed by atoms with Gasteiger partial charge in [0.25, 0.3) is 0 Å². The number of imidazole rings is 1. The topological polar surface area (TPSA) is 120 Å². The lowest BCUT2D eigenvalue weighted by atomic mass is 9.88. The molecule has 9 nitrogen and oxygen atoms in total. The summed E-state index contributed by atoms with van der Waals surface area (Å²) in [5.74, 6) is 0. The van der Waals surface area contributed by atoms with E-state index in [1.165, 1.54) is 12.7 Å². The fourth-order valence-corrected chi connectivity index (χ4v) is 5.70. The molecule has 0 radical (unpaired) electrons. The van der Waals surface area contributed by atoms with Crippen molar-refractivity contribution in [1.82, 2.24) is 19.5 Å². The van der Waals surface area contributed by atoms with E-state index < -0.39 is 38.2 Å². The highest BCUT2D eigenvalue weighted by molar-refractivity contribution is 7.40. The Kier molecular flexibility index (Phi) is 8.00. The fourth-order valence-electron chi connectivity index (χ4n) is 4.06. The minimum atomic E-state index is -1.86. The summed E-state index contributed by atoms with van der Waals surface area (Å²) in [7, 11) is -1.86. The number of aliphatic hydroxyl groups excluding tert-OH is 2. The van der Waals surface area contributed by atoms with Gasteiger partial charge in [-0.25, -0.2) is 15.0 Å². The zero-order valence-electron chi connectivity index (χ0n) is 18.3. The quantitative estimate of drug-likeness (QED) is 0.392. The molecule has 0 aliphatic carbocycles. The van der Waals surface area contributed by atoms with Crippen LogP contribution in [-0.4, -0.2) is 59.3 Å². The second kappa shape index (κ2) is 10.1. The van der Waals surface area contributed by atoms with Crippen LogP contribution in [0.25, 0.3) is 11.2 Å². The number of hydrogen-bond donors (Lipinski definition) is 2. The molecular weight excluding hydrogens is 443 g/mol. The molecule has 0 amide bonds. The van der Waals surface area contributed by atoms with Crippen LogP contribution >= 0.6 is 19.6 Å². The van der Waals surface area contributed by atoms with Gasteiger partial charge >= 0.3 is 8.03 Å². The summed E-state index contributed by atoms with van der Waals surface area (Å²) in [6.45, 7) is 7.94. The van der Waals surface area contributed by atoms with Gasteiger partial charge in [-0.3, -0.25) is 4.57 Å². The first-order valence-corrected chi connectivity index (χ1v) is 12.4. The van der Waals surface area contributed by atoms with Crippen molar-refractivity contribution in [2.45, 2.75) is 95.6 Å². The van der Waals surface area contributed by atoms with E-state index in [-0.39, 0.29) is 10.8 Å². The third-order valence-corrected chi connectivity index (χ3v) is 8.48. The summed E-state index contributed by atoms with van der Waals surface area (Å²) in [5.41, 5.74) is 0.0581. The minimum Gasteiger partial charge on any atom is -0.388 e. The van der Waals surface area contributed by atoms with Crippen LogP contribution in [0.1, 0.15) is 66.0 Å². The van der Waals surface area contributed by atoms with Crippen LogP contribution in [-0.2, 0) is 13.8 Å². The normalized spacial score (nSPS) is 25.0. The third-order valence-electron chi connectivity index (χ3n) is 6.31. The summed E-state index contributed by atoms with van der Waals surface area (Å²) in [4.78, 5) is 12.3. The molecule has 1 aliphatic heterocycles. The lowest BCUT2D eigenvalue weighted by Gasteiger charge is -2.30. The SMILES string of the molecule is CCC(CC)[P+](=O)OC(CC)(CC)C[C@H]1OC(n2cnc3c(Cl)ncnc32)[C@H](O)[C@@H]1O. The number of fused-ring (bicyclic) bond motifs is 1. The first kappa shape index (κ1) is 24.4. The molecule has 3 heterocycles. The molecular formula is C20H31ClN4O5P+. The summed E-state index contributed by atoms with van der Waals surface area (Å²) in [6, 6.07) is 0. The number of aliphatic hydroxyl groups is 2. The van der Waals surface area contributed by atoms with Gasteiger partial charge in [-0.15, -0.1) is 4.52 Å². The average molecular weight is 474 g/mol. The van der Waals surface area contributed by atoms with Crippen molar-refractivity contribution >= 4 is 30.8 Å². The molecule has 172 valence electrons. The van der Waals surface area contributed by atoms with Crippen molar-refractivity contribution in [3.63, 3.8) is 0 Å². The van der Waals surface area contributed by atoms with Crippen LogP contribution in [0.15, 0.2) is 12.7 Å². The molecule has 2 N–H and O–H groups in total. The number of hydrogen-bond acceptors (Lipinski definition) is 8. The zero-order chi connectivity index (χ0) is 22.8. The largest absolute Gasteiger partial charge is 0.511 e. The molecule has 2 unspecified atom stereocenters. The zero-order valence-corrected chi connectivity index (χ0v) is 20.0. The Morgan fingerprint density at radius 1 is 1.19 bits per heavy atom. The number of rotatable bonds is 10. The first-order valence-electron chi connectivity index (χ1n) is 10.8. The van der Waals surface area contributed by atoms with Crippen molar-refractivity contribution < 1.29 is 24.0 Å². The Hall–Kier alpha value is -1.22. The van der Waals surface area contributed by atoms with E-state index in [1.807, 2.05) is 27.7 Å². The van der Waals surface area contributed by atoms with Gasteiger partial charge in [-0.1, -0.05) is 39.3 Å². The molecule has 0 aromatic carbocycles. The summed E-state index contributed by atoms with van der Waals surface area (Å²) >= 11 is 6.07. The molecule has 0 saturated carbocycles. The Balaban J connectivity index is 1.82. The monoisotopic (exact) mass is 473 g/mol. The molecule has 0 bridgehead atoms. The lowest BCUT2D eigenvalue weighted by Crippen LogP contribution is -2.39. The van der Waals surface area contributed by atoms with Gasteiger partial charge in [-0.2, -0.15) is 0 Å². The Bertz CT molecular complexity index is 905. The van der Waals surface area contributed by atoms with Crippen LogP contribution in [0.3, 0.4) is 0 Å². The average Bonchev–Trinajstić information content (AvgIpc) is 3.31. The van der Waals surface area contributed by atoms with E-state index in [9.17, 15) is 14.8 Å². The van der Waals surface area contributed by atoms with Crippen LogP contribution in [0.2, 0.25) is 5.15 Å². The Morgan fingerprint density at radius 2 is 1.87 bits per heavy atom. The maximum Gasteiger partial charge on any atom is 0.511 e. The van der Waals surface area contributed by atoms with E-state index in [0.717, 1.165) is 12.8 Å². The second-order valence-corrected chi connectivity index (χ2v) is 9.82. The molecule has 2 aromatic rings. The predicted molar refractivity (Wildman–Crippen MR) is 117 cm³/mol. The van der Waals surface area contributed by atoms with Gasteiger partial charge in [0.1, 0.15) is 29.7 Å². The highest BCUT2D eigenvalue weighted by Crippen LogP contribution is 2.45. The Morgan fingerprint density at radius 3 is 2.48 bits per heavy atom. The third kappa shape index (κ3) is 4.77. The van der Waals surface area contributed by atoms with Gasteiger partial charge < -0.3 is 14.9 Å². The molecule has 3 rings (SSSR count). The fraction of sp³-hybridized carbons (Fsp3) is 0.750. The second-order valence-electron chi connectivity index (χ2n) is 7.98. The first-order chi connectivity index (χ1) is 14.8. The highest BCUT2D eigenvalue weighted by atomic mass is 35.5. The highest BCUT2D eigenvalue weighted by Gasteiger charge is 2.50. The number of aromatic nitrogens is 4.